The lowest BCUT2D eigenvalue weighted by Gasteiger charge is -2.08. The van der Waals surface area contributed by atoms with Gasteiger partial charge in [-0.25, -0.2) is 0 Å². The van der Waals surface area contributed by atoms with Crippen molar-refractivity contribution in [2.75, 3.05) is 0 Å². The maximum absolute atomic E-state index is 12.0. The van der Waals surface area contributed by atoms with Crippen molar-refractivity contribution in [2.24, 2.45) is 0 Å². The first-order valence-electron chi connectivity index (χ1n) is 6.44. The van der Waals surface area contributed by atoms with Crippen LogP contribution in [0.4, 0.5) is 0 Å². The Morgan fingerprint density at radius 1 is 0.810 bits per heavy atom. The van der Waals surface area contributed by atoms with Crippen LogP contribution in [-0.2, 0) is 0 Å². The van der Waals surface area contributed by atoms with Gasteiger partial charge in [0.15, 0.2) is 0 Å². The first-order valence-corrected chi connectivity index (χ1v) is 6.44. The number of carbonyl (C=O) groups excluding carboxylic acids is 2. The fraction of sp³-hybridized carbons (Fsp3) is 0.125. The van der Waals surface area contributed by atoms with Crippen LogP contribution >= 0.6 is 0 Å². The molecule has 0 bridgehead atoms. The highest BCUT2D eigenvalue weighted by Crippen LogP contribution is 2.10. The lowest BCUT2D eigenvalue weighted by atomic mass is 10.1. The van der Waals surface area contributed by atoms with Crippen LogP contribution in [0, 0.1) is 13.8 Å². The molecule has 0 unspecified atom stereocenters. The van der Waals surface area contributed by atoms with Gasteiger partial charge in [0.1, 0.15) is 5.75 Å². The number of carbonyl (C=O) groups is 2. The van der Waals surface area contributed by atoms with Crippen molar-refractivity contribution < 1.29 is 14.7 Å². The van der Waals surface area contributed by atoms with Gasteiger partial charge in [-0.3, -0.25) is 20.4 Å². The highest BCUT2D eigenvalue weighted by molar-refractivity contribution is 5.99. The molecule has 0 aliphatic rings. The van der Waals surface area contributed by atoms with E-state index in [1.165, 1.54) is 24.3 Å². The molecule has 2 amide bonds. The van der Waals surface area contributed by atoms with E-state index in [1.807, 2.05) is 19.9 Å². The highest BCUT2D eigenvalue weighted by atomic mass is 16.3. The zero-order chi connectivity index (χ0) is 15.4. The zero-order valence-corrected chi connectivity index (χ0v) is 11.8. The van der Waals surface area contributed by atoms with Crippen LogP contribution in [0.15, 0.2) is 42.5 Å². The molecule has 0 atom stereocenters. The summed E-state index contributed by atoms with van der Waals surface area (Å²) in [6.07, 6.45) is 0. The molecule has 0 aliphatic heterocycles. The average molecular weight is 284 g/mol. The fourth-order valence-corrected chi connectivity index (χ4v) is 1.98. The predicted molar refractivity (Wildman–Crippen MR) is 79.0 cm³/mol. The largest absolute Gasteiger partial charge is 0.508 e. The molecule has 0 fully saturated rings. The van der Waals surface area contributed by atoms with E-state index in [2.05, 4.69) is 10.9 Å². The summed E-state index contributed by atoms with van der Waals surface area (Å²) >= 11 is 0. The molecule has 2 rings (SSSR count). The third-order valence-corrected chi connectivity index (χ3v) is 2.90. The number of phenols is 1. The number of aromatic hydroxyl groups is 1. The van der Waals surface area contributed by atoms with Gasteiger partial charge in [0.2, 0.25) is 0 Å². The smallest absolute Gasteiger partial charge is 0.269 e. The number of nitrogens with one attached hydrogen (secondary N) is 2. The Bertz CT molecular complexity index is 658. The lowest BCUT2D eigenvalue weighted by molar-refractivity contribution is 0.0846. The summed E-state index contributed by atoms with van der Waals surface area (Å²) in [7, 11) is 0. The van der Waals surface area contributed by atoms with Crippen molar-refractivity contribution in [1.29, 1.82) is 0 Å². The minimum absolute atomic E-state index is 0.0748. The zero-order valence-electron chi connectivity index (χ0n) is 11.8. The molecule has 0 saturated heterocycles. The quantitative estimate of drug-likeness (QED) is 0.739. The predicted octanol–water partition coefficient (Wildman–Crippen LogP) is 2.08. The van der Waals surface area contributed by atoms with Crippen LogP contribution in [0.5, 0.6) is 5.75 Å². The molecule has 3 N–H and O–H groups in total. The van der Waals surface area contributed by atoms with Gasteiger partial charge >= 0.3 is 0 Å². The maximum atomic E-state index is 12.0. The summed E-state index contributed by atoms with van der Waals surface area (Å²) in [6.45, 7) is 3.80. The Morgan fingerprint density at radius 2 is 1.29 bits per heavy atom. The van der Waals surface area contributed by atoms with Crippen molar-refractivity contribution in [3.63, 3.8) is 0 Å². The van der Waals surface area contributed by atoms with Gasteiger partial charge in [0, 0.05) is 11.1 Å². The van der Waals surface area contributed by atoms with E-state index in [-0.39, 0.29) is 11.7 Å². The Labute approximate surface area is 122 Å². The lowest BCUT2D eigenvalue weighted by Crippen LogP contribution is -2.41. The van der Waals surface area contributed by atoms with Gasteiger partial charge in [-0.2, -0.15) is 0 Å². The van der Waals surface area contributed by atoms with E-state index in [1.54, 1.807) is 12.1 Å². The second kappa shape index (κ2) is 6.09. The second-order valence-corrected chi connectivity index (χ2v) is 4.83. The van der Waals surface area contributed by atoms with E-state index >= 15 is 0 Å². The summed E-state index contributed by atoms with van der Waals surface area (Å²) < 4.78 is 0. The summed E-state index contributed by atoms with van der Waals surface area (Å²) in [4.78, 5) is 23.8. The van der Waals surface area contributed by atoms with E-state index in [0.717, 1.165) is 11.1 Å². The molecule has 0 heterocycles. The topological polar surface area (TPSA) is 78.4 Å². The van der Waals surface area contributed by atoms with Crippen molar-refractivity contribution in [1.82, 2.24) is 10.9 Å². The van der Waals surface area contributed by atoms with Crippen molar-refractivity contribution in [2.45, 2.75) is 13.8 Å². The van der Waals surface area contributed by atoms with Gasteiger partial charge in [-0.15, -0.1) is 0 Å². The van der Waals surface area contributed by atoms with E-state index in [4.69, 9.17) is 5.11 Å². The number of hydrogen-bond acceptors (Lipinski definition) is 3. The second-order valence-electron chi connectivity index (χ2n) is 4.83. The monoisotopic (exact) mass is 284 g/mol. The summed E-state index contributed by atoms with van der Waals surface area (Å²) in [5.74, 6) is -0.757. The van der Waals surface area contributed by atoms with Gasteiger partial charge in [-0.1, -0.05) is 17.2 Å². The molecule has 2 aromatic carbocycles. The number of hydrazine groups is 1. The molecule has 5 heteroatoms. The standard InChI is InChI=1S/C16H16N2O3/c1-10-7-11(2)9-13(8-10)16(21)18-17-15(20)12-3-5-14(19)6-4-12/h3-9,19H,1-2H3,(H,17,20)(H,18,21). The minimum atomic E-state index is -0.451. The number of amides is 2. The molecule has 2 aromatic rings. The normalized spacial score (nSPS) is 10.0. The van der Waals surface area contributed by atoms with Gasteiger partial charge < -0.3 is 5.11 Å². The molecule has 0 spiro atoms. The van der Waals surface area contributed by atoms with Crippen LogP contribution in [0.25, 0.3) is 0 Å². The Kier molecular flexibility index (Phi) is 4.23. The summed E-state index contributed by atoms with van der Waals surface area (Å²) in [6, 6.07) is 11.2. The first kappa shape index (κ1) is 14.6. The molecule has 5 nitrogen and oxygen atoms in total. The summed E-state index contributed by atoms with van der Waals surface area (Å²) in [5.41, 5.74) is 7.48. The first-order chi connectivity index (χ1) is 9.95. The Hall–Kier alpha value is -2.82. The number of hydrogen-bond donors (Lipinski definition) is 3. The maximum Gasteiger partial charge on any atom is 0.269 e. The number of phenolic OH excluding ortho intramolecular Hbond substituents is 1. The van der Waals surface area contributed by atoms with Crippen molar-refractivity contribution in [3.8, 4) is 5.75 Å². The minimum Gasteiger partial charge on any atom is -0.508 e. The van der Waals surface area contributed by atoms with Gasteiger partial charge in [0.05, 0.1) is 0 Å². The van der Waals surface area contributed by atoms with E-state index < -0.39 is 5.91 Å². The Morgan fingerprint density at radius 3 is 1.81 bits per heavy atom. The van der Waals surface area contributed by atoms with E-state index in [9.17, 15) is 9.59 Å². The molecule has 0 aliphatic carbocycles. The SMILES string of the molecule is Cc1cc(C)cc(C(=O)NNC(=O)c2ccc(O)cc2)c1. The van der Waals surface area contributed by atoms with Crippen LogP contribution in [0.2, 0.25) is 0 Å². The van der Waals surface area contributed by atoms with Crippen LogP contribution < -0.4 is 10.9 Å². The van der Waals surface area contributed by atoms with Crippen molar-refractivity contribution >= 4 is 11.8 Å². The fourth-order valence-electron chi connectivity index (χ4n) is 1.98. The third-order valence-electron chi connectivity index (χ3n) is 2.90. The molecule has 0 radical (unpaired) electrons. The van der Waals surface area contributed by atoms with Gasteiger partial charge in [-0.05, 0) is 50.2 Å². The third kappa shape index (κ3) is 3.82. The Balaban J connectivity index is 2.00. The number of aryl methyl sites for hydroxylation is 2. The molecule has 21 heavy (non-hydrogen) atoms. The van der Waals surface area contributed by atoms with Crippen LogP contribution in [0.3, 0.4) is 0 Å². The molecular formula is C16H16N2O3. The van der Waals surface area contributed by atoms with Gasteiger partial charge in [0.25, 0.3) is 11.8 Å². The number of benzene rings is 2. The molecular weight excluding hydrogens is 268 g/mol. The summed E-state index contributed by atoms with van der Waals surface area (Å²) in [5, 5.41) is 9.16. The highest BCUT2D eigenvalue weighted by Gasteiger charge is 2.09. The van der Waals surface area contributed by atoms with Crippen LogP contribution in [-0.4, -0.2) is 16.9 Å². The molecule has 0 aromatic heterocycles. The number of rotatable bonds is 2. The van der Waals surface area contributed by atoms with E-state index in [0.29, 0.717) is 11.1 Å². The molecule has 108 valence electrons. The van der Waals surface area contributed by atoms with Crippen LogP contribution in [0.1, 0.15) is 31.8 Å². The van der Waals surface area contributed by atoms with Crippen molar-refractivity contribution in [3.05, 3.63) is 64.7 Å². The average Bonchev–Trinajstić information content (AvgIpc) is 2.44. The molecule has 0 saturated carbocycles.